The van der Waals surface area contributed by atoms with Gasteiger partial charge in [-0.2, -0.15) is 0 Å². The molecule has 0 spiro atoms. The minimum absolute atomic E-state index is 0.0117. The van der Waals surface area contributed by atoms with Crippen LogP contribution in [0.3, 0.4) is 0 Å². The van der Waals surface area contributed by atoms with E-state index in [9.17, 15) is 9.59 Å². The monoisotopic (exact) mass is 266 g/mol. The number of carboxylic acids is 1. The molecule has 0 radical (unpaired) electrons. The minimum Gasteiger partial charge on any atom is -0.481 e. The molecule has 1 atom stereocenters. The summed E-state index contributed by atoms with van der Waals surface area (Å²) >= 11 is 0. The summed E-state index contributed by atoms with van der Waals surface area (Å²) in [6, 6.07) is 3.23. The molecule has 1 unspecified atom stereocenters. The number of nitrogens with one attached hydrogen (secondary N) is 1. The third kappa shape index (κ3) is 4.90. The average Bonchev–Trinajstić information content (AvgIpc) is 2.35. The molecular formula is C12H18N4O3. The van der Waals surface area contributed by atoms with Gasteiger partial charge in [0, 0.05) is 27.1 Å². The molecule has 0 fully saturated rings. The van der Waals surface area contributed by atoms with Crippen molar-refractivity contribution in [2.45, 2.75) is 13.3 Å². The lowest BCUT2D eigenvalue weighted by atomic mass is 10.1. The third-order valence-electron chi connectivity index (χ3n) is 2.44. The van der Waals surface area contributed by atoms with Gasteiger partial charge in [0.05, 0.1) is 0 Å². The molecule has 1 aromatic rings. The van der Waals surface area contributed by atoms with Crippen LogP contribution in [0.5, 0.6) is 0 Å². The van der Waals surface area contributed by atoms with E-state index in [1.807, 2.05) is 6.92 Å². The number of rotatable bonds is 6. The fraction of sp³-hybridized carbons (Fsp3) is 0.500. The van der Waals surface area contributed by atoms with Crippen LogP contribution in [0.15, 0.2) is 12.1 Å². The number of nitrogens with zero attached hydrogens (tertiary/aromatic N) is 3. The van der Waals surface area contributed by atoms with Crippen molar-refractivity contribution in [1.29, 1.82) is 0 Å². The molecule has 1 rings (SSSR count). The number of carbonyl (C=O) groups is 2. The quantitative estimate of drug-likeness (QED) is 0.787. The molecule has 0 saturated carbocycles. The summed E-state index contributed by atoms with van der Waals surface area (Å²) in [6.07, 6.45) is 0.0949. The number of hydrogen-bond donors (Lipinski definition) is 2. The lowest BCUT2D eigenvalue weighted by Gasteiger charge is -2.11. The molecule has 1 aromatic heterocycles. The van der Waals surface area contributed by atoms with E-state index >= 15 is 0 Å². The van der Waals surface area contributed by atoms with Crippen molar-refractivity contribution in [1.82, 2.24) is 15.1 Å². The first-order valence-electron chi connectivity index (χ1n) is 5.91. The van der Waals surface area contributed by atoms with Crippen LogP contribution >= 0.6 is 0 Å². The van der Waals surface area contributed by atoms with Gasteiger partial charge < -0.3 is 15.3 Å². The molecule has 0 aliphatic carbocycles. The molecule has 0 bridgehead atoms. The lowest BCUT2D eigenvalue weighted by molar-refractivity contribution is -0.137. The van der Waals surface area contributed by atoms with E-state index in [2.05, 4.69) is 15.5 Å². The highest BCUT2D eigenvalue weighted by atomic mass is 16.4. The zero-order valence-electron chi connectivity index (χ0n) is 11.3. The second-order valence-electron chi connectivity index (χ2n) is 4.59. The largest absolute Gasteiger partial charge is 0.481 e. The van der Waals surface area contributed by atoms with Crippen LogP contribution in [-0.2, 0) is 4.79 Å². The summed E-state index contributed by atoms with van der Waals surface area (Å²) in [6.45, 7) is 2.32. The Balaban J connectivity index is 2.53. The van der Waals surface area contributed by atoms with Gasteiger partial charge in [0.25, 0.3) is 5.91 Å². The molecule has 104 valence electrons. The van der Waals surface area contributed by atoms with E-state index in [1.54, 1.807) is 26.2 Å². The Labute approximate surface area is 111 Å². The number of aliphatic carboxylic acids is 1. The number of amides is 1. The molecule has 7 heteroatoms. The predicted octanol–water partition coefficient (Wildman–Crippen LogP) is 0.701. The fourth-order valence-corrected chi connectivity index (χ4v) is 1.42. The zero-order chi connectivity index (χ0) is 14.4. The first-order valence-corrected chi connectivity index (χ1v) is 5.91. The molecule has 0 aliphatic heterocycles. The van der Waals surface area contributed by atoms with Gasteiger partial charge in [-0.15, -0.1) is 10.2 Å². The molecule has 19 heavy (non-hydrogen) atoms. The summed E-state index contributed by atoms with van der Waals surface area (Å²) in [4.78, 5) is 23.5. The van der Waals surface area contributed by atoms with Gasteiger partial charge in [-0.05, 0) is 18.1 Å². The number of carbonyl (C=O) groups excluding carboxylic acids is 1. The third-order valence-corrected chi connectivity index (χ3v) is 2.44. The SMILES string of the molecule is CC(CNc1ccc(C(=O)N(C)C)nn1)CC(=O)O. The molecule has 0 aliphatic rings. The molecule has 2 N–H and O–H groups in total. The first kappa shape index (κ1) is 14.9. The van der Waals surface area contributed by atoms with Crippen molar-refractivity contribution < 1.29 is 14.7 Å². The summed E-state index contributed by atoms with van der Waals surface area (Å²) in [5.41, 5.74) is 0.272. The van der Waals surface area contributed by atoms with E-state index in [0.717, 1.165) is 0 Å². The first-order chi connectivity index (χ1) is 8.90. The van der Waals surface area contributed by atoms with E-state index < -0.39 is 5.97 Å². The van der Waals surface area contributed by atoms with Crippen LogP contribution in [0.25, 0.3) is 0 Å². The summed E-state index contributed by atoms with van der Waals surface area (Å²) < 4.78 is 0. The molecule has 0 saturated heterocycles. The van der Waals surface area contributed by atoms with Crippen LogP contribution in [0.2, 0.25) is 0 Å². The van der Waals surface area contributed by atoms with Gasteiger partial charge >= 0.3 is 5.97 Å². The number of anilines is 1. The standard InChI is InChI=1S/C12H18N4O3/c1-8(6-11(17)18)7-13-10-5-4-9(14-15-10)12(19)16(2)3/h4-5,8H,6-7H2,1-3H3,(H,13,15)(H,17,18). The van der Waals surface area contributed by atoms with Crippen molar-refractivity contribution in [3.8, 4) is 0 Å². The van der Waals surface area contributed by atoms with Gasteiger partial charge in [-0.1, -0.05) is 6.92 Å². The van der Waals surface area contributed by atoms with Crippen LogP contribution in [0, 0.1) is 5.92 Å². The molecular weight excluding hydrogens is 248 g/mol. The Hall–Kier alpha value is -2.18. The summed E-state index contributed by atoms with van der Waals surface area (Å²) in [5.74, 6) is -0.527. The van der Waals surface area contributed by atoms with E-state index in [4.69, 9.17) is 5.11 Å². The summed E-state index contributed by atoms with van der Waals surface area (Å²) in [5, 5.41) is 19.3. The Morgan fingerprint density at radius 3 is 2.53 bits per heavy atom. The highest BCUT2D eigenvalue weighted by Crippen LogP contribution is 2.07. The van der Waals surface area contributed by atoms with Gasteiger partial charge in [0.1, 0.15) is 5.82 Å². The van der Waals surface area contributed by atoms with Crippen molar-refractivity contribution in [2.75, 3.05) is 26.0 Å². The van der Waals surface area contributed by atoms with Crippen molar-refractivity contribution in [3.63, 3.8) is 0 Å². The van der Waals surface area contributed by atoms with Crippen molar-refractivity contribution in [2.24, 2.45) is 5.92 Å². The van der Waals surface area contributed by atoms with Crippen LogP contribution in [0.1, 0.15) is 23.8 Å². The maximum absolute atomic E-state index is 11.6. The second kappa shape index (κ2) is 6.67. The number of aromatic nitrogens is 2. The van der Waals surface area contributed by atoms with Crippen LogP contribution in [0.4, 0.5) is 5.82 Å². The van der Waals surface area contributed by atoms with Gasteiger partial charge in [0.15, 0.2) is 5.69 Å². The van der Waals surface area contributed by atoms with Crippen molar-refractivity contribution in [3.05, 3.63) is 17.8 Å². The van der Waals surface area contributed by atoms with Crippen LogP contribution < -0.4 is 5.32 Å². The molecule has 1 amide bonds. The van der Waals surface area contributed by atoms with Gasteiger partial charge in [-0.25, -0.2) is 0 Å². The number of carboxylic acid groups (broad SMARTS) is 1. The van der Waals surface area contributed by atoms with E-state index in [0.29, 0.717) is 12.4 Å². The second-order valence-corrected chi connectivity index (χ2v) is 4.59. The lowest BCUT2D eigenvalue weighted by Crippen LogP contribution is -2.23. The molecule has 1 heterocycles. The van der Waals surface area contributed by atoms with Crippen molar-refractivity contribution >= 4 is 17.7 Å². The molecule has 0 aromatic carbocycles. The predicted molar refractivity (Wildman–Crippen MR) is 70.0 cm³/mol. The van der Waals surface area contributed by atoms with E-state index in [1.165, 1.54) is 4.90 Å². The van der Waals surface area contributed by atoms with E-state index in [-0.39, 0.29) is 23.9 Å². The Kier molecular flexibility index (Phi) is 5.23. The topological polar surface area (TPSA) is 95.4 Å². The maximum Gasteiger partial charge on any atom is 0.303 e. The zero-order valence-corrected chi connectivity index (χ0v) is 11.3. The Morgan fingerprint density at radius 2 is 2.05 bits per heavy atom. The smallest absolute Gasteiger partial charge is 0.303 e. The van der Waals surface area contributed by atoms with Crippen LogP contribution in [-0.4, -0.2) is 52.7 Å². The highest BCUT2D eigenvalue weighted by Gasteiger charge is 2.11. The highest BCUT2D eigenvalue weighted by molar-refractivity contribution is 5.91. The maximum atomic E-state index is 11.6. The average molecular weight is 266 g/mol. The Bertz CT molecular complexity index is 445. The minimum atomic E-state index is -0.827. The summed E-state index contributed by atoms with van der Waals surface area (Å²) in [7, 11) is 3.29. The normalized spacial score (nSPS) is 11.7. The molecule has 7 nitrogen and oxygen atoms in total. The van der Waals surface area contributed by atoms with Gasteiger partial charge in [0.2, 0.25) is 0 Å². The Morgan fingerprint density at radius 1 is 1.37 bits per heavy atom. The number of hydrogen-bond acceptors (Lipinski definition) is 5. The fourth-order valence-electron chi connectivity index (χ4n) is 1.42. The van der Waals surface area contributed by atoms with Gasteiger partial charge in [-0.3, -0.25) is 9.59 Å².